The summed E-state index contributed by atoms with van der Waals surface area (Å²) in [6.07, 6.45) is 5.10. The standard InChI is InChI=1S/C17H18ClN3O3/c1-2-4-20-9-11(6-16(20)22)21-5-3-19-17(21)12-7-14-15(8-13(12)18)24-10-23-14/h3,5,7-8,11H,2,4,6,9-10H2,1H3. The van der Waals surface area contributed by atoms with Crippen molar-refractivity contribution in [3.63, 3.8) is 0 Å². The van der Waals surface area contributed by atoms with Crippen molar-refractivity contribution in [2.45, 2.75) is 25.8 Å². The number of hydrogen-bond donors (Lipinski definition) is 0. The number of halogens is 1. The maximum Gasteiger partial charge on any atom is 0.231 e. The molecule has 0 N–H and O–H groups in total. The van der Waals surface area contributed by atoms with Crippen LogP contribution in [0.15, 0.2) is 24.5 Å². The summed E-state index contributed by atoms with van der Waals surface area (Å²) < 4.78 is 12.8. The number of hydrogen-bond acceptors (Lipinski definition) is 4. The number of likely N-dealkylation sites (tertiary alicyclic amines) is 1. The number of amides is 1. The van der Waals surface area contributed by atoms with Crippen molar-refractivity contribution < 1.29 is 14.3 Å². The van der Waals surface area contributed by atoms with E-state index >= 15 is 0 Å². The van der Waals surface area contributed by atoms with Crippen molar-refractivity contribution in [1.82, 2.24) is 14.5 Å². The van der Waals surface area contributed by atoms with Crippen molar-refractivity contribution in [2.75, 3.05) is 19.9 Å². The van der Waals surface area contributed by atoms with Crippen LogP contribution in [0.2, 0.25) is 5.02 Å². The van der Waals surface area contributed by atoms with Crippen LogP contribution in [-0.2, 0) is 4.79 Å². The molecule has 0 radical (unpaired) electrons. The number of nitrogens with zero attached hydrogens (tertiary/aromatic N) is 3. The molecule has 0 saturated carbocycles. The Morgan fingerprint density at radius 1 is 1.33 bits per heavy atom. The van der Waals surface area contributed by atoms with Gasteiger partial charge in [0.05, 0.1) is 11.1 Å². The number of aromatic nitrogens is 2. The zero-order chi connectivity index (χ0) is 16.7. The Morgan fingerprint density at radius 3 is 2.92 bits per heavy atom. The normalized spacial score (nSPS) is 19.3. The third kappa shape index (κ3) is 2.51. The van der Waals surface area contributed by atoms with Crippen LogP contribution < -0.4 is 9.47 Å². The molecule has 1 aromatic carbocycles. The van der Waals surface area contributed by atoms with Crippen LogP contribution in [0.25, 0.3) is 11.4 Å². The van der Waals surface area contributed by atoms with E-state index in [4.69, 9.17) is 21.1 Å². The predicted molar refractivity (Wildman–Crippen MR) is 89.3 cm³/mol. The number of imidazole rings is 1. The minimum Gasteiger partial charge on any atom is -0.454 e. The second kappa shape index (κ2) is 6.02. The van der Waals surface area contributed by atoms with E-state index in [2.05, 4.69) is 11.9 Å². The maximum absolute atomic E-state index is 12.2. The molecule has 1 unspecified atom stereocenters. The third-order valence-electron chi connectivity index (χ3n) is 4.45. The lowest BCUT2D eigenvalue weighted by molar-refractivity contribution is -0.127. The van der Waals surface area contributed by atoms with E-state index < -0.39 is 0 Å². The largest absolute Gasteiger partial charge is 0.454 e. The van der Waals surface area contributed by atoms with Gasteiger partial charge < -0.3 is 18.9 Å². The van der Waals surface area contributed by atoms with Gasteiger partial charge in [-0.3, -0.25) is 4.79 Å². The van der Waals surface area contributed by atoms with E-state index in [9.17, 15) is 4.79 Å². The van der Waals surface area contributed by atoms with Crippen LogP contribution in [0.1, 0.15) is 25.8 Å². The topological polar surface area (TPSA) is 56.6 Å². The Balaban J connectivity index is 1.68. The summed E-state index contributed by atoms with van der Waals surface area (Å²) in [5.74, 6) is 2.25. The lowest BCUT2D eigenvalue weighted by Gasteiger charge is -2.18. The monoisotopic (exact) mass is 347 g/mol. The highest BCUT2D eigenvalue weighted by molar-refractivity contribution is 6.33. The van der Waals surface area contributed by atoms with Crippen LogP contribution in [0.3, 0.4) is 0 Å². The smallest absolute Gasteiger partial charge is 0.231 e. The first-order valence-corrected chi connectivity index (χ1v) is 8.45. The molecule has 1 atom stereocenters. The van der Waals surface area contributed by atoms with Crippen LogP contribution in [-0.4, -0.2) is 40.2 Å². The molecule has 4 rings (SSSR count). The van der Waals surface area contributed by atoms with Crippen LogP contribution in [0, 0.1) is 0 Å². The summed E-state index contributed by atoms with van der Waals surface area (Å²) in [4.78, 5) is 18.5. The molecule has 1 fully saturated rings. The molecule has 0 aliphatic carbocycles. The fourth-order valence-electron chi connectivity index (χ4n) is 3.33. The van der Waals surface area contributed by atoms with Gasteiger partial charge in [0.25, 0.3) is 0 Å². The zero-order valence-corrected chi connectivity index (χ0v) is 14.1. The second-order valence-electron chi connectivity index (χ2n) is 6.04. The van der Waals surface area contributed by atoms with E-state index in [1.807, 2.05) is 21.7 Å². The van der Waals surface area contributed by atoms with Crippen molar-refractivity contribution in [3.8, 4) is 22.9 Å². The van der Waals surface area contributed by atoms with E-state index in [-0.39, 0.29) is 18.7 Å². The van der Waals surface area contributed by atoms with Gasteiger partial charge in [-0.1, -0.05) is 18.5 Å². The maximum atomic E-state index is 12.2. The Morgan fingerprint density at radius 2 is 2.12 bits per heavy atom. The molecule has 3 heterocycles. The van der Waals surface area contributed by atoms with Crippen molar-refractivity contribution in [2.24, 2.45) is 0 Å². The molecular weight excluding hydrogens is 330 g/mol. The molecule has 24 heavy (non-hydrogen) atoms. The summed E-state index contributed by atoms with van der Waals surface area (Å²) in [5.41, 5.74) is 0.785. The quantitative estimate of drug-likeness (QED) is 0.852. The Labute approximate surface area is 144 Å². The average Bonchev–Trinajstić information content (AvgIpc) is 3.26. The van der Waals surface area contributed by atoms with E-state index in [1.54, 1.807) is 12.3 Å². The molecule has 1 saturated heterocycles. The highest BCUT2D eigenvalue weighted by Gasteiger charge is 2.32. The molecule has 2 aliphatic rings. The van der Waals surface area contributed by atoms with Gasteiger partial charge in [0.1, 0.15) is 5.82 Å². The Kier molecular flexibility index (Phi) is 3.84. The van der Waals surface area contributed by atoms with Gasteiger partial charge in [-0.15, -0.1) is 0 Å². The molecule has 0 bridgehead atoms. The van der Waals surface area contributed by atoms with Crippen molar-refractivity contribution in [3.05, 3.63) is 29.5 Å². The minimum atomic E-state index is 0.0723. The second-order valence-corrected chi connectivity index (χ2v) is 6.45. The molecule has 1 amide bonds. The molecule has 2 aliphatic heterocycles. The highest BCUT2D eigenvalue weighted by Crippen LogP contribution is 2.41. The van der Waals surface area contributed by atoms with Gasteiger partial charge in [-0.05, 0) is 12.5 Å². The number of carbonyl (C=O) groups excluding carboxylic acids is 1. The summed E-state index contributed by atoms with van der Waals surface area (Å²) >= 11 is 6.42. The number of ether oxygens (including phenoxy) is 2. The summed E-state index contributed by atoms with van der Waals surface area (Å²) in [5, 5.41) is 0.557. The molecule has 6 nitrogen and oxygen atoms in total. The lowest BCUT2D eigenvalue weighted by Crippen LogP contribution is -2.26. The molecule has 7 heteroatoms. The Bertz CT molecular complexity index is 789. The first-order chi connectivity index (χ1) is 11.7. The number of rotatable bonds is 4. The Hall–Kier alpha value is -2.21. The average molecular weight is 348 g/mol. The van der Waals surface area contributed by atoms with Crippen molar-refractivity contribution >= 4 is 17.5 Å². The van der Waals surface area contributed by atoms with E-state index in [0.29, 0.717) is 29.5 Å². The van der Waals surface area contributed by atoms with Crippen molar-refractivity contribution in [1.29, 1.82) is 0 Å². The summed E-state index contributed by atoms with van der Waals surface area (Å²) in [6, 6.07) is 3.67. The molecule has 2 aromatic rings. The number of fused-ring (bicyclic) bond motifs is 1. The third-order valence-corrected chi connectivity index (χ3v) is 4.77. The van der Waals surface area contributed by atoms with Gasteiger partial charge in [-0.25, -0.2) is 4.98 Å². The van der Waals surface area contributed by atoms with E-state index in [1.165, 1.54) is 0 Å². The molecule has 1 aromatic heterocycles. The van der Waals surface area contributed by atoms with E-state index in [0.717, 1.165) is 24.4 Å². The zero-order valence-electron chi connectivity index (χ0n) is 13.4. The first kappa shape index (κ1) is 15.3. The van der Waals surface area contributed by atoms with Gasteiger partial charge in [-0.2, -0.15) is 0 Å². The SMILES string of the molecule is CCCN1CC(n2ccnc2-c2cc3c(cc2Cl)OCO3)CC1=O. The number of carbonyl (C=O) groups is 1. The molecule has 0 spiro atoms. The van der Waals surface area contributed by atoms with Gasteiger partial charge in [0.15, 0.2) is 11.5 Å². The molecule has 126 valence electrons. The minimum absolute atomic E-state index is 0.0723. The lowest BCUT2D eigenvalue weighted by atomic mass is 10.1. The van der Waals surface area contributed by atoms with Gasteiger partial charge >= 0.3 is 0 Å². The summed E-state index contributed by atoms with van der Waals surface area (Å²) in [7, 11) is 0. The first-order valence-electron chi connectivity index (χ1n) is 8.07. The predicted octanol–water partition coefficient (Wildman–Crippen LogP) is 3.12. The van der Waals surface area contributed by atoms with Crippen LogP contribution >= 0.6 is 11.6 Å². The molecular formula is C17H18ClN3O3. The highest BCUT2D eigenvalue weighted by atomic mass is 35.5. The van der Waals surface area contributed by atoms with Gasteiger partial charge in [0.2, 0.25) is 12.7 Å². The van der Waals surface area contributed by atoms with Crippen LogP contribution in [0.4, 0.5) is 0 Å². The summed E-state index contributed by atoms with van der Waals surface area (Å²) in [6.45, 7) is 3.78. The fourth-order valence-corrected chi connectivity index (χ4v) is 3.57. The fraction of sp³-hybridized carbons (Fsp3) is 0.412. The van der Waals surface area contributed by atoms with Gasteiger partial charge in [0, 0.05) is 43.5 Å². The number of benzene rings is 1. The van der Waals surface area contributed by atoms with Crippen LogP contribution in [0.5, 0.6) is 11.5 Å².